The maximum absolute atomic E-state index is 12.7. The number of hydrogen-bond donors (Lipinski definition) is 0. The molecule has 0 bridgehead atoms. The topological polar surface area (TPSA) is 37.7 Å². The number of amides is 1. The van der Waals surface area contributed by atoms with Crippen molar-refractivity contribution in [3.8, 4) is 0 Å². The molecule has 1 aromatic heterocycles. The zero-order chi connectivity index (χ0) is 14.2. The molecular weight excluding hydrogens is 254 g/mol. The third kappa shape index (κ3) is 2.15. The Balaban J connectivity index is 1.79. The van der Waals surface area contributed by atoms with E-state index in [1.54, 1.807) is 0 Å². The van der Waals surface area contributed by atoms with Gasteiger partial charge in [0.2, 0.25) is 0 Å². The maximum atomic E-state index is 12.7. The molecule has 1 spiro atoms. The highest BCUT2D eigenvalue weighted by Crippen LogP contribution is 2.30. The van der Waals surface area contributed by atoms with Crippen LogP contribution in [0.1, 0.15) is 23.8 Å². The van der Waals surface area contributed by atoms with Gasteiger partial charge in [0, 0.05) is 39.5 Å². The van der Waals surface area contributed by atoms with Gasteiger partial charge in [-0.15, -0.1) is 0 Å². The highest BCUT2D eigenvalue weighted by Gasteiger charge is 2.45. The fraction of sp³-hybridized carbons (Fsp3) is 0.667. The summed E-state index contributed by atoms with van der Waals surface area (Å²) in [7, 11) is 1.92. The van der Waals surface area contributed by atoms with E-state index < -0.39 is 0 Å². The molecule has 2 aliphatic rings. The van der Waals surface area contributed by atoms with Crippen LogP contribution < -0.4 is 0 Å². The molecule has 0 aromatic carbocycles. The molecule has 2 aliphatic heterocycles. The highest BCUT2D eigenvalue weighted by molar-refractivity contribution is 5.92. The molecule has 1 amide bonds. The first kappa shape index (κ1) is 13.6. The lowest BCUT2D eigenvalue weighted by molar-refractivity contribution is -0.00260. The molecule has 3 rings (SSSR count). The summed E-state index contributed by atoms with van der Waals surface area (Å²) in [4.78, 5) is 17.1. The van der Waals surface area contributed by atoms with Crippen molar-refractivity contribution in [2.24, 2.45) is 7.05 Å². The Bertz CT molecular complexity index is 491. The number of nitrogens with zero attached hydrogens (tertiary/aromatic N) is 3. The quantitative estimate of drug-likeness (QED) is 0.808. The number of piperazine rings is 1. The summed E-state index contributed by atoms with van der Waals surface area (Å²) in [5.41, 5.74) is 0.803. The van der Waals surface area contributed by atoms with Crippen LogP contribution in [0.15, 0.2) is 18.3 Å². The van der Waals surface area contributed by atoms with E-state index in [-0.39, 0.29) is 11.4 Å². The third-order valence-electron chi connectivity index (χ3n) is 4.71. The van der Waals surface area contributed by atoms with Gasteiger partial charge in [-0.05, 0) is 25.1 Å². The number of carbonyl (C=O) groups is 1. The van der Waals surface area contributed by atoms with E-state index in [1.165, 1.54) is 0 Å². The van der Waals surface area contributed by atoms with Gasteiger partial charge < -0.3 is 14.2 Å². The normalized spacial score (nSPS) is 27.4. The van der Waals surface area contributed by atoms with Crippen LogP contribution in [0.5, 0.6) is 0 Å². The largest absolute Gasteiger partial charge is 0.379 e. The Morgan fingerprint density at radius 1 is 1.45 bits per heavy atom. The van der Waals surface area contributed by atoms with E-state index in [0.29, 0.717) is 0 Å². The smallest absolute Gasteiger partial charge is 0.270 e. The minimum Gasteiger partial charge on any atom is -0.379 e. The number of ether oxygens (including phenoxy) is 1. The van der Waals surface area contributed by atoms with Gasteiger partial charge in [-0.3, -0.25) is 9.69 Å². The van der Waals surface area contributed by atoms with E-state index in [4.69, 9.17) is 4.74 Å². The van der Waals surface area contributed by atoms with Gasteiger partial charge in [-0.25, -0.2) is 0 Å². The molecule has 0 N–H and O–H groups in total. The first-order valence-corrected chi connectivity index (χ1v) is 7.40. The zero-order valence-corrected chi connectivity index (χ0v) is 12.3. The molecule has 2 fully saturated rings. The number of carbonyl (C=O) groups excluding carboxylic acids is 1. The van der Waals surface area contributed by atoms with E-state index in [2.05, 4.69) is 11.8 Å². The lowest BCUT2D eigenvalue weighted by Gasteiger charge is -2.47. The van der Waals surface area contributed by atoms with Crippen LogP contribution in [-0.2, 0) is 11.8 Å². The average molecular weight is 277 g/mol. The minimum absolute atomic E-state index is 0.0355. The van der Waals surface area contributed by atoms with Crippen LogP contribution in [-0.4, -0.2) is 65.2 Å². The van der Waals surface area contributed by atoms with Crippen molar-refractivity contribution >= 4 is 5.91 Å². The molecule has 0 radical (unpaired) electrons. The number of aromatic nitrogens is 1. The number of likely N-dealkylation sites (N-methyl/N-ethyl adjacent to an activating group) is 1. The Morgan fingerprint density at radius 3 is 2.90 bits per heavy atom. The second-order valence-corrected chi connectivity index (χ2v) is 5.84. The van der Waals surface area contributed by atoms with Crippen LogP contribution in [0, 0.1) is 0 Å². The van der Waals surface area contributed by atoms with Crippen molar-refractivity contribution in [3.63, 3.8) is 0 Å². The Kier molecular flexibility index (Phi) is 3.56. The lowest BCUT2D eigenvalue weighted by atomic mass is 9.92. The van der Waals surface area contributed by atoms with Gasteiger partial charge in [0.1, 0.15) is 5.69 Å². The molecule has 20 heavy (non-hydrogen) atoms. The van der Waals surface area contributed by atoms with E-state index in [0.717, 1.165) is 51.5 Å². The minimum atomic E-state index is 0.0355. The van der Waals surface area contributed by atoms with E-state index >= 15 is 0 Å². The molecule has 5 heteroatoms. The van der Waals surface area contributed by atoms with Gasteiger partial charge >= 0.3 is 0 Å². The summed E-state index contributed by atoms with van der Waals surface area (Å²) in [6, 6.07) is 3.82. The molecule has 1 aromatic rings. The summed E-state index contributed by atoms with van der Waals surface area (Å²) in [5, 5.41) is 0. The maximum Gasteiger partial charge on any atom is 0.270 e. The zero-order valence-electron chi connectivity index (χ0n) is 12.3. The van der Waals surface area contributed by atoms with E-state index in [1.807, 2.05) is 34.8 Å². The van der Waals surface area contributed by atoms with Crippen molar-refractivity contribution in [1.29, 1.82) is 0 Å². The second-order valence-electron chi connectivity index (χ2n) is 5.84. The summed E-state index contributed by atoms with van der Waals surface area (Å²) < 4.78 is 7.52. The molecule has 2 saturated heterocycles. The van der Waals surface area contributed by atoms with Gasteiger partial charge in [0.15, 0.2) is 0 Å². The van der Waals surface area contributed by atoms with Crippen LogP contribution in [0.2, 0.25) is 0 Å². The average Bonchev–Trinajstić information content (AvgIpc) is 3.08. The van der Waals surface area contributed by atoms with Crippen molar-refractivity contribution in [1.82, 2.24) is 14.4 Å². The standard InChI is InChI=1S/C15H23N3O2/c1-3-18-9-8-17(11-15(18)6-10-20-12-15)14(19)13-5-4-7-16(13)2/h4-5,7H,3,6,8-12H2,1-2H3. The Morgan fingerprint density at radius 2 is 2.30 bits per heavy atom. The third-order valence-corrected chi connectivity index (χ3v) is 4.71. The van der Waals surface area contributed by atoms with Crippen LogP contribution in [0.25, 0.3) is 0 Å². The summed E-state index contributed by atoms with van der Waals surface area (Å²) in [5.74, 6) is 0.138. The SMILES string of the molecule is CCN1CCN(C(=O)c2cccn2C)CC12CCOC2. The Hall–Kier alpha value is -1.33. The second kappa shape index (κ2) is 5.22. The molecular formula is C15H23N3O2. The first-order valence-electron chi connectivity index (χ1n) is 7.40. The van der Waals surface area contributed by atoms with Crippen molar-refractivity contribution in [2.45, 2.75) is 18.9 Å². The van der Waals surface area contributed by atoms with Crippen LogP contribution in [0.4, 0.5) is 0 Å². The molecule has 1 atom stereocenters. The number of hydrogen-bond acceptors (Lipinski definition) is 3. The summed E-state index contributed by atoms with van der Waals surface area (Å²) >= 11 is 0. The monoisotopic (exact) mass is 277 g/mol. The lowest BCUT2D eigenvalue weighted by Crippen LogP contribution is -2.63. The van der Waals surface area contributed by atoms with Crippen molar-refractivity contribution in [2.75, 3.05) is 39.4 Å². The predicted molar refractivity (Wildman–Crippen MR) is 76.7 cm³/mol. The predicted octanol–water partition coefficient (Wildman–Crippen LogP) is 0.962. The molecule has 5 nitrogen and oxygen atoms in total. The Labute approximate surface area is 120 Å². The van der Waals surface area contributed by atoms with Crippen molar-refractivity contribution in [3.05, 3.63) is 24.0 Å². The van der Waals surface area contributed by atoms with Gasteiger partial charge in [-0.2, -0.15) is 0 Å². The molecule has 110 valence electrons. The van der Waals surface area contributed by atoms with Gasteiger partial charge in [0.05, 0.1) is 12.1 Å². The van der Waals surface area contributed by atoms with Gasteiger partial charge in [-0.1, -0.05) is 6.92 Å². The molecule has 0 saturated carbocycles. The molecule has 1 unspecified atom stereocenters. The number of aryl methyl sites for hydroxylation is 1. The highest BCUT2D eigenvalue weighted by atomic mass is 16.5. The van der Waals surface area contributed by atoms with E-state index in [9.17, 15) is 4.79 Å². The summed E-state index contributed by atoms with van der Waals surface area (Å²) in [6.07, 6.45) is 2.95. The molecule has 3 heterocycles. The fourth-order valence-electron chi connectivity index (χ4n) is 3.50. The van der Waals surface area contributed by atoms with Gasteiger partial charge in [0.25, 0.3) is 5.91 Å². The summed E-state index contributed by atoms with van der Waals surface area (Å²) in [6.45, 7) is 7.30. The fourth-order valence-corrected chi connectivity index (χ4v) is 3.50. The van der Waals surface area contributed by atoms with Crippen LogP contribution >= 0.6 is 0 Å². The van der Waals surface area contributed by atoms with Crippen molar-refractivity contribution < 1.29 is 9.53 Å². The number of rotatable bonds is 2. The molecule has 0 aliphatic carbocycles. The first-order chi connectivity index (χ1) is 9.66. The van der Waals surface area contributed by atoms with Crippen LogP contribution in [0.3, 0.4) is 0 Å².